The van der Waals surface area contributed by atoms with Gasteiger partial charge in [-0.15, -0.1) is 0 Å². The second-order valence-electron chi connectivity index (χ2n) is 8.22. The molecule has 1 N–H and O–H groups in total. The van der Waals surface area contributed by atoms with E-state index >= 15 is 0 Å². The molecule has 0 amide bonds. The zero-order chi connectivity index (χ0) is 23.5. The lowest BCUT2D eigenvalue weighted by atomic mass is 10.2. The van der Waals surface area contributed by atoms with Crippen molar-refractivity contribution in [2.24, 2.45) is 0 Å². The molecule has 0 bridgehead atoms. The Labute approximate surface area is 191 Å². The van der Waals surface area contributed by atoms with E-state index in [1.165, 1.54) is 0 Å². The highest BCUT2D eigenvalue weighted by Crippen LogP contribution is 2.26. The van der Waals surface area contributed by atoms with Gasteiger partial charge in [0.15, 0.2) is 0 Å². The molecule has 168 valence electrons. The number of halogens is 1. The highest BCUT2D eigenvalue weighted by molar-refractivity contribution is 7.86. The van der Waals surface area contributed by atoms with Gasteiger partial charge < -0.3 is 5.32 Å². The molecule has 0 aliphatic carbocycles. The van der Waals surface area contributed by atoms with Gasteiger partial charge in [-0.05, 0) is 71.4 Å². The van der Waals surface area contributed by atoms with Gasteiger partial charge in [0.2, 0.25) is 5.95 Å². The molecule has 6 nitrogen and oxygen atoms in total. The summed E-state index contributed by atoms with van der Waals surface area (Å²) in [5.41, 5.74) is 1.99. The molecule has 0 radical (unpaired) electrons. The third-order valence-corrected chi connectivity index (χ3v) is 6.53. The van der Waals surface area contributed by atoms with Gasteiger partial charge in [-0.25, -0.2) is 4.98 Å². The smallest absolute Gasteiger partial charge is 0.271 e. The fourth-order valence-corrected chi connectivity index (χ4v) is 4.38. The normalized spacial score (nSPS) is 12.5. The summed E-state index contributed by atoms with van der Waals surface area (Å²) < 4.78 is 13.9. The second kappa shape index (κ2) is 9.92. The molecule has 31 heavy (non-hydrogen) atoms. The first-order valence-corrected chi connectivity index (χ1v) is 11.9. The Morgan fingerprint density at radius 3 is 2.35 bits per heavy atom. The summed E-state index contributed by atoms with van der Waals surface area (Å²) in [5, 5.41) is 4.04. The quantitative estimate of drug-likeness (QED) is 0.513. The molecule has 0 saturated carbocycles. The van der Waals surface area contributed by atoms with E-state index in [4.69, 9.17) is 11.6 Å². The number of hydrogen-bond acceptors (Lipinski definition) is 5. The van der Waals surface area contributed by atoms with Crippen molar-refractivity contribution in [2.45, 2.75) is 71.1 Å². The number of aromatic nitrogens is 3. The first-order valence-electron chi connectivity index (χ1n) is 10.4. The van der Waals surface area contributed by atoms with Crippen LogP contribution in [0.25, 0.3) is 11.0 Å². The summed E-state index contributed by atoms with van der Waals surface area (Å²) in [6.07, 6.45) is 1.65. The summed E-state index contributed by atoms with van der Waals surface area (Å²) >= 11 is 6.07. The van der Waals surface area contributed by atoms with Crippen LogP contribution in [0, 0.1) is 6.92 Å². The largest absolute Gasteiger partial charge is 0.324 e. The zero-order valence-electron chi connectivity index (χ0n) is 19.4. The van der Waals surface area contributed by atoms with Crippen molar-refractivity contribution in [1.82, 2.24) is 14.5 Å². The van der Waals surface area contributed by atoms with Crippen LogP contribution in [0.4, 0.5) is 11.6 Å². The van der Waals surface area contributed by atoms with Crippen LogP contribution in [0.5, 0.6) is 0 Å². The van der Waals surface area contributed by atoms with Crippen LogP contribution in [-0.4, -0.2) is 23.5 Å². The fourth-order valence-electron chi connectivity index (χ4n) is 2.99. The van der Waals surface area contributed by atoms with Crippen LogP contribution in [0.15, 0.2) is 40.2 Å². The molecule has 1 atom stereocenters. The molecule has 0 spiro atoms. The second-order valence-corrected chi connectivity index (χ2v) is 10.9. The van der Waals surface area contributed by atoms with Crippen LogP contribution in [0.3, 0.4) is 0 Å². The summed E-state index contributed by atoms with van der Waals surface area (Å²) in [6.45, 7) is 15.6. The summed E-state index contributed by atoms with van der Waals surface area (Å²) in [5.74, 6) is 0.376. The van der Waals surface area contributed by atoms with E-state index in [2.05, 4.69) is 15.3 Å². The third kappa shape index (κ3) is 5.52. The first kappa shape index (κ1) is 25.0. The predicted molar refractivity (Wildman–Crippen MR) is 131 cm³/mol. The minimum atomic E-state index is -1.11. The predicted octanol–water partition coefficient (Wildman–Crippen LogP) is 6.01. The zero-order valence-corrected chi connectivity index (χ0v) is 21.0. The molecule has 1 aromatic carbocycles. The van der Waals surface area contributed by atoms with Crippen molar-refractivity contribution in [3.05, 3.63) is 51.4 Å². The van der Waals surface area contributed by atoms with Gasteiger partial charge in [-0.2, -0.15) is 4.98 Å². The monoisotopic (exact) mass is 462 g/mol. The van der Waals surface area contributed by atoms with E-state index in [0.29, 0.717) is 17.0 Å². The van der Waals surface area contributed by atoms with Crippen molar-refractivity contribution in [3.8, 4) is 0 Å². The van der Waals surface area contributed by atoms with Crippen LogP contribution in [0.1, 0.15) is 60.1 Å². The van der Waals surface area contributed by atoms with Crippen LogP contribution in [-0.2, 0) is 10.8 Å². The Kier molecular flexibility index (Phi) is 8.00. The number of rotatable bonds is 4. The Hall–Kier alpha value is -2.25. The molecule has 0 aliphatic rings. The average Bonchev–Trinajstić information content (AvgIpc) is 2.70. The average molecular weight is 463 g/mol. The minimum Gasteiger partial charge on any atom is -0.324 e. The number of hydrogen-bond donors (Lipinski definition) is 1. The van der Waals surface area contributed by atoms with E-state index in [-0.39, 0.29) is 21.4 Å². The van der Waals surface area contributed by atoms with E-state index < -0.39 is 10.8 Å². The maximum Gasteiger partial charge on any atom is 0.271 e. The van der Waals surface area contributed by atoms with E-state index in [1.807, 2.05) is 73.6 Å². The number of nitrogens with one attached hydrogen (secondary N) is 1. The Morgan fingerprint density at radius 2 is 1.81 bits per heavy atom. The Bertz CT molecular complexity index is 1170. The van der Waals surface area contributed by atoms with Crippen molar-refractivity contribution >= 4 is 45.1 Å². The molecule has 2 heterocycles. The number of benzene rings is 1. The lowest BCUT2D eigenvalue weighted by Gasteiger charge is -2.19. The summed E-state index contributed by atoms with van der Waals surface area (Å²) in [4.78, 5) is 22.1. The van der Waals surface area contributed by atoms with Crippen molar-refractivity contribution in [3.63, 3.8) is 0 Å². The standard InChI is InChI=1S/C21H25ClN4O2S.C2H6/c1-12(2)26-18-14(10-16(22)19(26)27)11-23-20(25-18)24-17-8-7-15(9-13(17)3)29(28)21(4,5)6;1-2/h7-12H,1-6H3,(H,23,24,25);1-2H3. The SMILES string of the molecule is CC.Cc1cc(S(=O)C(C)(C)C)ccc1Nc1ncc2cc(Cl)c(=O)n(C(C)C)c2n1. The molecule has 2 aromatic heterocycles. The molecule has 0 saturated heterocycles. The molecule has 0 aliphatic heterocycles. The van der Waals surface area contributed by atoms with Crippen LogP contribution < -0.4 is 10.9 Å². The number of pyridine rings is 1. The van der Waals surface area contributed by atoms with Crippen molar-refractivity contribution in [2.75, 3.05) is 5.32 Å². The highest BCUT2D eigenvalue weighted by atomic mass is 35.5. The summed E-state index contributed by atoms with van der Waals surface area (Å²) in [6, 6.07) is 7.12. The van der Waals surface area contributed by atoms with Gasteiger partial charge in [0.1, 0.15) is 10.7 Å². The topological polar surface area (TPSA) is 76.9 Å². The molecular weight excluding hydrogens is 432 g/mol. The number of nitrogens with zero attached hydrogens (tertiary/aromatic N) is 3. The van der Waals surface area contributed by atoms with Gasteiger partial charge in [0.05, 0.1) is 10.8 Å². The van der Waals surface area contributed by atoms with Gasteiger partial charge in [0, 0.05) is 33.0 Å². The van der Waals surface area contributed by atoms with Gasteiger partial charge in [0.25, 0.3) is 5.56 Å². The molecule has 0 fully saturated rings. The van der Waals surface area contributed by atoms with Gasteiger partial charge in [-0.1, -0.05) is 25.4 Å². The summed E-state index contributed by atoms with van der Waals surface area (Å²) in [7, 11) is -1.11. The third-order valence-electron chi connectivity index (χ3n) is 4.46. The Balaban J connectivity index is 0.00000166. The highest BCUT2D eigenvalue weighted by Gasteiger charge is 2.21. The first-order chi connectivity index (χ1) is 14.5. The number of fused-ring (bicyclic) bond motifs is 1. The van der Waals surface area contributed by atoms with E-state index in [9.17, 15) is 9.00 Å². The van der Waals surface area contributed by atoms with Crippen LogP contribution >= 0.6 is 11.6 Å². The fraction of sp³-hybridized carbons (Fsp3) is 0.435. The van der Waals surface area contributed by atoms with Gasteiger partial charge in [-0.3, -0.25) is 13.6 Å². The number of anilines is 2. The Morgan fingerprint density at radius 1 is 1.16 bits per heavy atom. The number of aryl methyl sites for hydroxylation is 1. The van der Waals surface area contributed by atoms with E-state index in [1.54, 1.807) is 16.8 Å². The minimum absolute atomic E-state index is 0.0974. The van der Waals surface area contributed by atoms with Crippen molar-refractivity contribution < 1.29 is 4.21 Å². The van der Waals surface area contributed by atoms with Gasteiger partial charge >= 0.3 is 0 Å². The lowest BCUT2D eigenvalue weighted by Crippen LogP contribution is -2.23. The molecule has 1 unspecified atom stereocenters. The maximum absolute atomic E-state index is 12.6. The van der Waals surface area contributed by atoms with Crippen molar-refractivity contribution in [1.29, 1.82) is 0 Å². The lowest BCUT2D eigenvalue weighted by molar-refractivity contribution is 0.595. The maximum atomic E-state index is 12.6. The molecular formula is C23H31ClN4O2S. The molecule has 8 heteroatoms. The van der Waals surface area contributed by atoms with Crippen LogP contribution in [0.2, 0.25) is 5.02 Å². The van der Waals surface area contributed by atoms with E-state index in [0.717, 1.165) is 16.1 Å². The molecule has 3 aromatic rings. The molecule has 3 rings (SSSR count).